The van der Waals surface area contributed by atoms with E-state index in [4.69, 9.17) is 4.74 Å². The molecule has 0 atom stereocenters. The lowest BCUT2D eigenvalue weighted by Gasteiger charge is -2.41. The van der Waals surface area contributed by atoms with Gasteiger partial charge in [0.2, 0.25) is 0 Å². The number of carbonyl (C=O) groups excluding carboxylic acids is 3. The lowest BCUT2D eigenvalue weighted by atomic mass is 9.75. The highest BCUT2D eigenvalue weighted by Crippen LogP contribution is 2.48. The van der Waals surface area contributed by atoms with Crippen molar-refractivity contribution in [2.45, 2.75) is 12.5 Å². The topological polar surface area (TPSA) is 63.7 Å². The van der Waals surface area contributed by atoms with Crippen molar-refractivity contribution in [3.05, 3.63) is 142 Å². The number of hydrogen-bond donors (Lipinski definition) is 0. The summed E-state index contributed by atoms with van der Waals surface area (Å²) in [5.74, 6) is -0.377. The maximum Gasteiger partial charge on any atom is 0.308 e. The molecule has 1 aliphatic rings. The number of thioether (sulfide) groups is 1. The minimum absolute atomic E-state index is 0.317. The molecule has 0 aliphatic carbocycles. The molecule has 1 heterocycles. The molecule has 0 spiro atoms. The highest BCUT2D eigenvalue weighted by molar-refractivity contribution is 8.18. The molecule has 0 radical (unpaired) electrons. The van der Waals surface area contributed by atoms with Gasteiger partial charge in [0.05, 0.1) is 4.91 Å². The van der Waals surface area contributed by atoms with Gasteiger partial charge in [-0.2, -0.15) is 0 Å². The SMILES string of the molecule is CC(=O)Oc1ccc(C=C2SC(=O)N(C(c3ccccc3)(c3ccccc3)c3ccccc3)C2=O)cc1. The predicted octanol–water partition coefficient (Wildman–Crippen LogP) is 6.64. The van der Waals surface area contributed by atoms with Crippen molar-refractivity contribution in [3.8, 4) is 5.75 Å². The van der Waals surface area contributed by atoms with Gasteiger partial charge in [0.25, 0.3) is 11.1 Å². The molecule has 0 bridgehead atoms. The van der Waals surface area contributed by atoms with Crippen LogP contribution >= 0.6 is 11.8 Å². The van der Waals surface area contributed by atoms with Gasteiger partial charge in [0.1, 0.15) is 11.3 Å². The fraction of sp³-hybridized carbons (Fsp3) is 0.0645. The summed E-state index contributed by atoms with van der Waals surface area (Å²) in [7, 11) is 0. The number of carbonyl (C=O) groups is 3. The van der Waals surface area contributed by atoms with Gasteiger partial charge in [-0.05, 0) is 52.2 Å². The summed E-state index contributed by atoms with van der Waals surface area (Å²) >= 11 is 0.916. The van der Waals surface area contributed by atoms with Crippen molar-refractivity contribution < 1.29 is 19.1 Å². The van der Waals surface area contributed by atoms with Crippen molar-refractivity contribution in [3.63, 3.8) is 0 Å². The van der Waals surface area contributed by atoms with E-state index in [2.05, 4.69) is 0 Å². The van der Waals surface area contributed by atoms with Gasteiger partial charge in [-0.1, -0.05) is 103 Å². The summed E-state index contributed by atoms with van der Waals surface area (Å²) in [5.41, 5.74) is 1.97. The average Bonchev–Trinajstić information content (AvgIpc) is 3.20. The van der Waals surface area contributed by atoms with E-state index in [0.717, 1.165) is 28.5 Å². The third-order valence-electron chi connectivity index (χ3n) is 6.14. The van der Waals surface area contributed by atoms with Crippen LogP contribution in [-0.2, 0) is 15.1 Å². The van der Waals surface area contributed by atoms with Gasteiger partial charge in [-0.15, -0.1) is 0 Å². The highest BCUT2D eigenvalue weighted by Gasteiger charge is 2.52. The van der Waals surface area contributed by atoms with Gasteiger partial charge in [-0.25, -0.2) is 4.90 Å². The molecule has 4 aromatic rings. The number of rotatable bonds is 6. The Labute approximate surface area is 219 Å². The van der Waals surface area contributed by atoms with Crippen molar-refractivity contribution in [2.75, 3.05) is 0 Å². The lowest BCUT2D eigenvalue weighted by molar-refractivity contribution is -0.132. The highest BCUT2D eigenvalue weighted by atomic mass is 32.2. The minimum Gasteiger partial charge on any atom is -0.427 e. The average molecular weight is 506 g/mol. The summed E-state index contributed by atoms with van der Waals surface area (Å²) in [6.45, 7) is 1.34. The third-order valence-corrected chi connectivity index (χ3v) is 7.01. The number of amides is 2. The van der Waals surface area contributed by atoms with E-state index in [1.807, 2.05) is 91.0 Å². The first-order chi connectivity index (χ1) is 18.0. The number of nitrogens with zero attached hydrogens (tertiary/aromatic N) is 1. The zero-order chi connectivity index (χ0) is 25.8. The minimum atomic E-state index is -1.17. The zero-order valence-electron chi connectivity index (χ0n) is 20.0. The Kier molecular flexibility index (Phi) is 6.75. The number of hydrogen-bond acceptors (Lipinski definition) is 5. The molecule has 4 aromatic carbocycles. The Morgan fingerprint density at radius 3 is 1.62 bits per heavy atom. The van der Waals surface area contributed by atoms with E-state index in [1.54, 1.807) is 30.3 Å². The summed E-state index contributed by atoms with van der Waals surface area (Å²) < 4.78 is 5.09. The molecule has 37 heavy (non-hydrogen) atoms. The Hall–Kier alpha value is -4.42. The summed E-state index contributed by atoms with van der Waals surface area (Å²) in [6.07, 6.45) is 1.69. The summed E-state index contributed by atoms with van der Waals surface area (Å²) in [5, 5.41) is -0.357. The number of ether oxygens (including phenoxy) is 1. The number of benzene rings is 4. The predicted molar refractivity (Wildman–Crippen MR) is 145 cm³/mol. The van der Waals surface area contributed by atoms with Crippen molar-refractivity contribution in [1.82, 2.24) is 4.90 Å². The second-order valence-electron chi connectivity index (χ2n) is 8.49. The van der Waals surface area contributed by atoms with Crippen LogP contribution in [-0.4, -0.2) is 22.0 Å². The van der Waals surface area contributed by atoms with Crippen molar-refractivity contribution in [1.29, 1.82) is 0 Å². The molecule has 6 heteroatoms. The Balaban J connectivity index is 1.66. The van der Waals surface area contributed by atoms with E-state index < -0.39 is 11.5 Å². The van der Waals surface area contributed by atoms with E-state index in [9.17, 15) is 14.4 Å². The van der Waals surface area contributed by atoms with Crippen molar-refractivity contribution >= 4 is 35.0 Å². The first kappa shape index (κ1) is 24.3. The molecule has 5 nitrogen and oxygen atoms in total. The molecule has 182 valence electrons. The molecule has 0 saturated carbocycles. The van der Waals surface area contributed by atoms with Crippen molar-refractivity contribution in [2.24, 2.45) is 0 Å². The van der Waals surface area contributed by atoms with Gasteiger partial charge in [0, 0.05) is 6.92 Å². The van der Waals surface area contributed by atoms with Crippen LogP contribution in [0.25, 0.3) is 6.08 Å². The van der Waals surface area contributed by atoms with Gasteiger partial charge in [0.15, 0.2) is 0 Å². The van der Waals surface area contributed by atoms with Gasteiger partial charge in [-0.3, -0.25) is 14.4 Å². The number of esters is 1. The second kappa shape index (κ2) is 10.3. The monoisotopic (exact) mass is 505 g/mol. The molecule has 0 unspecified atom stereocenters. The van der Waals surface area contributed by atoms with Crippen LogP contribution in [0, 0.1) is 0 Å². The molecule has 1 saturated heterocycles. The largest absolute Gasteiger partial charge is 0.427 e. The fourth-order valence-corrected chi connectivity index (χ4v) is 5.50. The standard InChI is InChI=1S/C31H23NO4S/c1-22(33)36-27-19-17-23(18-20-27)21-28-29(34)32(30(35)37-28)31(24-11-5-2-6-12-24,25-13-7-3-8-14-25)26-15-9-4-10-16-26/h2-21H,1H3. The van der Waals surface area contributed by atoms with Crippen LogP contribution in [0.4, 0.5) is 4.79 Å². The van der Waals surface area contributed by atoms with E-state index >= 15 is 0 Å². The Morgan fingerprint density at radius 1 is 0.730 bits per heavy atom. The maximum atomic E-state index is 14.0. The second-order valence-corrected chi connectivity index (χ2v) is 9.48. The van der Waals surface area contributed by atoms with E-state index in [-0.39, 0.29) is 11.1 Å². The van der Waals surface area contributed by atoms with Crippen LogP contribution in [0.5, 0.6) is 5.75 Å². The van der Waals surface area contributed by atoms with E-state index in [1.165, 1.54) is 11.8 Å². The molecule has 5 rings (SSSR count). The fourth-order valence-electron chi connectivity index (χ4n) is 4.63. The third kappa shape index (κ3) is 4.59. The first-order valence-electron chi connectivity index (χ1n) is 11.7. The summed E-state index contributed by atoms with van der Waals surface area (Å²) in [6, 6.07) is 35.7. The molecule has 1 aliphatic heterocycles. The zero-order valence-corrected chi connectivity index (χ0v) is 20.9. The Bertz CT molecular complexity index is 1370. The summed E-state index contributed by atoms with van der Waals surface area (Å²) in [4.78, 5) is 40.6. The number of imide groups is 1. The van der Waals surface area contributed by atoms with Crippen LogP contribution in [0.2, 0.25) is 0 Å². The molecule has 2 amide bonds. The lowest BCUT2D eigenvalue weighted by Crippen LogP contribution is -2.50. The van der Waals surface area contributed by atoms with Gasteiger partial charge >= 0.3 is 5.97 Å². The normalized spacial score (nSPS) is 14.7. The molecule has 0 N–H and O–H groups in total. The first-order valence-corrected chi connectivity index (χ1v) is 12.5. The smallest absolute Gasteiger partial charge is 0.308 e. The molecular weight excluding hydrogens is 482 g/mol. The van der Waals surface area contributed by atoms with Crippen LogP contribution in [0.1, 0.15) is 29.2 Å². The van der Waals surface area contributed by atoms with Gasteiger partial charge < -0.3 is 4.74 Å². The van der Waals surface area contributed by atoms with E-state index in [0.29, 0.717) is 16.2 Å². The molecular formula is C31H23NO4S. The Morgan fingerprint density at radius 2 is 1.19 bits per heavy atom. The quantitative estimate of drug-likeness (QED) is 0.127. The van der Waals surface area contributed by atoms with Crippen LogP contribution in [0.15, 0.2) is 120 Å². The molecule has 1 fully saturated rings. The molecule has 0 aromatic heterocycles. The van der Waals surface area contributed by atoms with Crippen LogP contribution < -0.4 is 4.74 Å². The maximum absolute atomic E-state index is 14.0. The van der Waals surface area contributed by atoms with Crippen LogP contribution in [0.3, 0.4) is 0 Å².